The number of nitrogens with zero attached hydrogens (tertiary/aromatic N) is 1. The normalized spacial score (nSPS) is 17.5. The van der Waals surface area contributed by atoms with Crippen molar-refractivity contribution in [2.75, 3.05) is 26.4 Å². The number of rotatable bonds is 6. The Morgan fingerprint density at radius 1 is 1.03 bits per heavy atom. The van der Waals surface area contributed by atoms with E-state index in [4.69, 9.17) is 42.1 Å². The minimum Gasteiger partial charge on any atom is -0.488 e. The number of fused-ring (bicyclic) bond motifs is 3. The molecule has 1 amide bonds. The number of hydrogen-bond acceptors (Lipinski definition) is 5. The summed E-state index contributed by atoms with van der Waals surface area (Å²) in [5, 5.41) is 2.31. The van der Waals surface area contributed by atoms with Gasteiger partial charge in [0.05, 0.1) is 13.2 Å². The van der Waals surface area contributed by atoms with Crippen LogP contribution in [0.25, 0.3) is 10.9 Å². The Balaban J connectivity index is 1.29. The van der Waals surface area contributed by atoms with Crippen LogP contribution in [-0.2, 0) is 27.2 Å². The van der Waals surface area contributed by atoms with Gasteiger partial charge in [-0.3, -0.25) is 4.90 Å². The van der Waals surface area contributed by atoms with Crippen LogP contribution in [0.3, 0.4) is 0 Å². The Labute approximate surface area is 230 Å². The van der Waals surface area contributed by atoms with Gasteiger partial charge < -0.3 is 23.9 Å². The van der Waals surface area contributed by atoms with Crippen LogP contribution in [0.4, 0.5) is 4.79 Å². The summed E-state index contributed by atoms with van der Waals surface area (Å²) < 4.78 is 22.5. The smallest absolute Gasteiger partial charge is 0.410 e. The van der Waals surface area contributed by atoms with Crippen molar-refractivity contribution in [3.63, 3.8) is 0 Å². The fourth-order valence-electron chi connectivity index (χ4n) is 5.06. The van der Waals surface area contributed by atoms with Gasteiger partial charge >= 0.3 is 6.09 Å². The number of aromatic amines is 1. The van der Waals surface area contributed by atoms with E-state index in [1.165, 1.54) is 0 Å². The maximum atomic E-state index is 13.4. The molecule has 1 atom stereocenters. The summed E-state index contributed by atoms with van der Waals surface area (Å²) in [5.74, 6) is 0.695. The van der Waals surface area contributed by atoms with Gasteiger partial charge in [-0.05, 0) is 53.9 Å². The molecule has 1 N–H and O–H groups in total. The summed E-state index contributed by atoms with van der Waals surface area (Å²) in [6.45, 7) is 2.06. The van der Waals surface area contributed by atoms with E-state index >= 15 is 0 Å². The van der Waals surface area contributed by atoms with Crippen LogP contribution in [0.15, 0.2) is 66.7 Å². The van der Waals surface area contributed by atoms with Crippen molar-refractivity contribution in [2.24, 2.45) is 0 Å². The largest absolute Gasteiger partial charge is 0.488 e. The molecule has 196 valence electrons. The third-order valence-corrected chi connectivity index (χ3v) is 7.51. The summed E-state index contributed by atoms with van der Waals surface area (Å²) in [5.41, 5.74) is 4.77. The van der Waals surface area contributed by atoms with Gasteiger partial charge in [-0.15, -0.1) is 0 Å². The number of aromatic nitrogens is 1. The number of carbonyl (C=O) groups excluding carboxylic acids is 1. The van der Waals surface area contributed by atoms with Crippen molar-refractivity contribution >= 4 is 40.2 Å². The molecule has 38 heavy (non-hydrogen) atoms. The highest BCUT2D eigenvalue weighted by molar-refractivity contribution is 6.31. The molecule has 1 fully saturated rings. The standard InChI is InChI=1S/C29H26Cl2N2O5/c30-20-7-10-25-23(15-20)22-11-12-33(29(34)38-16-19-3-1-2-4-24(19)31)28(27(22)32-25)18-5-8-21(9-6-18)37-17-26-35-13-14-36-26/h1-10,15,26,28,32H,11-14,16-17H2. The van der Waals surface area contributed by atoms with Crippen LogP contribution in [0, 0.1) is 0 Å². The number of amides is 1. The summed E-state index contributed by atoms with van der Waals surface area (Å²) in [6, 6.07) is 20.5. The number of hydrogen-bond donors (Lipinski definition) is 1. The van der Waals surface area contributed by atoms with E-state index < -0.39 is 6.09 Å². The van der Waals surface area contributed by atoms with Gasteiger partial charge in [-0.2, -0.15) is 0 Å². The van der Waals surface area contributed by atoms with Crippen molar-refractivity contribution in [1.82, 2.24) is 9.88 Å². The van der Waals surface area contributed by atoms with Gasteiger partial charge in [0.15, 0.2) is 6.29 Å². The highest BCUT2D eigenvalue weighted by Gasteiger charge is 2.35. The molecule has 3 aromatic carbocycles. The average Bonchev–Trinajstić information content (AvgIpc) is 3.59. The number of halogens is 2. The third kappa shape index (κ3) is 5.07. The molecule has 4 aromatic rings. The van der Waals surface area contributed by atoms with E-state index in [9.17, 15) is 4.79 Å². The number of carbonyl (C=O) groups is 1. The first kappa shape index (κ1) is 25.1. The second-order valence-corrected chi connectivity index (χ2v) is 10.1. The van der Waals surface area contributed by atoms with E-state index in [0.29, 0.717) is 48.6 Å². The topological polar surface area (TPSA) is 73.0 Å². The molecule has 7 nitrogen and oxygen atoms in total. The molecule has 3 heterocycles. The van der Waals surface area contributed by atoms with E-state index in [1.54, 1.807) is 11.0 Å². The van der Waals surface area contributed by atoms with Crippen LogP contribution in [0.1, 0.15) is 28.4 Å². The molecule has 2 aliphatic heterocycles. The molecule has 6 rings (SSSR count). The lowest BCUT2D eigenvalue weighted by molar-refractivity contribution is -0.0684. The van der Waals surface area contributed by atoms with Gasteiger partial charge in [-0.25, -0.2) is 4.79 Å². The van der Waals surface area contributed by atoms with Crippen molar-refractivity contribution in [3.05, 3.63) is 99.2 Å². The maximum absolute atomic E-state index is 13.4. The lowest BCUT2D eigenvalue weighted by atomic mass is 9.92. The molecular weight excluding hydrogens is 527 g/mol. The van der Waals surface area contributed by atoms with Crippen LogP contribution in [0.2, 0.25) is 10.0 Å². The Morgan fingerprint density at radius 3 is 2.61 bits per heavy atom. The summed E-state index contributed by atoms with van der Waals surface area (Å²) in [4.78, 5) is 18.7. The van der Waals surface area contributed by atoms with Crippen LogP contribution < -0.4 is 4.74 Å². The van der Waals surface area contributed by atoms with Gasteiger partial charge in [0.2, 0.25) is 0 Å². The van der Waals surface area contributed by atoms with Gasteiger partial charge in [0, 0.05) is 38.8 Å². The first-order valence-corrected chi connectivity index (χ1v) is 13.2. The Morgan fingerprint density at radius 2 is 1.82 bits per heavy atom. The molecular formula is C29H26Cl2N2O5. The minimum absolute atomic E-state index is 0.0922. The molecule has 2 aliphatic rings. The zero-order chi connectivity index (χ0) is 26.1. The number of H-pyrrole nitrogens is 1. The quantitative estimate of drug-likeness (QED) is 0.295. The van der Waals surface area contributed by atoms with E-state index in [1.807, 2.05) is 60.7 Å². The van der Waals surface area contributed by atoms with Crippen molar-refractivity contribution in [2.45, 2.75) is 25.4 Å². The Hall–Kier alpha value is -3.23. The summed E-state index contributed by atoms with van der Waals surface area (Å²) in [7, 11) is 0. The minimum atomic E-state index is -0.409. The van der Waals surface area contributed by atoms with Crippen LogP contribution in [0.5, 0.6) is 5.75 Å². The number of nitrogens with one attached hydrogen (secondary N) is 1. The fraction of sp³-hybridized carbons (Fsp3) is 0.276. The van der Waals surface area contributed by atoms with Gasteiger partial charge in [0.25, 0.3) is 0 Å². The SMILES string of the molecule is O=C(OCc1ccccc1Cl)N1CCc2c([nH]c3ccc(Cl)cc23)C1c1ccc(OCC2OCCO2)cc1. The molecule has 9 heteroatoms. The first-order valence-electron chi connectivity index (χ1n) is 12.5. The predicted molar refractivity (Wildman–Crippen MR) is 145 cm³/mol. The third-order valence-electron chi connectivity index (χ3n) is 6.91. The molecule has 0 bridgehead atoms. The lowest BCUT2D eigenvalue weighted by Gasteiger charge is -2.35. The van der Waals surface area contributed by atoms with Gasteiger partial charge in [0.1, 0.15) is 25.0 Å². The van der Waals surface area contributed by atoms with Crippen LogP contribution >= 0.6 is 23.2 Å². The molecule has 0 spiro atoms. The predicted octanol–water partition coefficient (Wildman–Crippen LogP) is 6.51. The zero-order valence-corrected chi connectivity index (χ0v) is 22.0. The van der Waals surface area contributed by atoms with E-state index in [0.717, 1.165) is 33.3 Å². The van der Waals surface area contributed by atoms with Crippen molar-refractivity contribution in [1.29, 1.82) is 0 Å². The summed E-state index contributed by atoms with van der Waals surface area (Å²) in [6.07, 6.45) is -0.0825. The molecule has 1 saturated heterocycles. The second-order valence-electron chi connectivity index (χ2n) is 9.25. The molecule has 0 saturated carbocycles. The van der Waals surface area contributed by atoms with Crippen molar-refractivity contribution < 1.29 is 23.7 Å². The summed E-state index contributed by atoms with van der Waals surface area (Å²) >= 11 is 12.6. The first-order chi connectivity index (χ1) is 18.6. The van der Waals surface area contributed by atoms with E-state index in [2.05, 4.69) is 4.98 Å². The lowest BCUT2D eigenvalue weighted by Crippen LogP contribution is -2.40. The highest BCUT2D eigenvalue weighted by Crippen LogP contribution is 2.40. The monoisotopic (exact) mass is 552 g/mol. The molecule has 1 aromatic heterocycles. The Bertz CT molecular complexity index is 1450. The fourth-order valence-corrected chi connectivity index (χ4v) is 5.42. The molecule has 0 aliphatic carbocycles. The zero-order valence-electron chi connectivity index (χ0n) is 20.5. The highest BCUT2D eigenvalue weighted by atomic mass is 35.5. The Kier molecular flexibility index (Phi) is 7.17. The number of ether oxygens (including phenoxy) is 4. The average molecular weight is 553 g/mol. The molecule has 0 radical (unpaired) electrons. The van der Waals surface area contributed by atoms with Crippen LogP contribution in [-0.4, -0.2) is 48.6 Å². The number of benzene rings is 3. The van der Waals surface area contributed by atoms with E-state index in [-0.39, 0.29) is 18.9 Å². The van der Waals surface area contributed by atoms with Crippen molar-refractivity contribution in [3.8, 4) is 5.75 Å². The maximum Gasteiger partial charge on any atom is 0.410 e. The molecule has 1 unspecified atom stereocenters. The van der Waals surface area contributed by atoms with Gasteiger partial charge in [-0.1, -0.05) is 53.5 Å². The second kappa shape index (κ2) is 10.9.